The van der Waals surface area contributed by atoms with Crippen molar-refractivity contribution in [1.82, 2.24) is 9.78 Å². The lowest BCUT2D eigenvalue weighted by molar-refractivity contribution is 0.0968. The van der Waals surface area contributed by atoms with Crippen molar-refractivity contribution in [3.8, 4) is 5.75 Å². The third kappa shape index (κ3) is 1.95. The van der Waals surface area contributed by atoms with Gasteiger partial charge in [-0.1, -0.05) is 6.92 Å². The predicted octanol–water partition coefficient (Wildman–Crippen LogP) is 1.89. The summed E-state index contributed by atoms with van der Waals surface area (Å²) in [6, 6.07) is 0. The Labute approximate surface area is 83.9 Å². The average Bonchev–Trinajstić information content (AvgIpc) is 2.60. The lowest BCUT2D eigenvalue weighted by Crippen LogP contribution is -2.10. The Morgan fingerprint density at radius 1 is 1.57 bits per heavy atom. The summed E-state index contributed by atoms with van der Waals surface area (Å²) in [5, 5.41) is 4.08. The Morgan fingerprint density at radius 3 is 2.79 bits per heavy atom. The molecule has 0 unspecified atom stereocenters. The average molecular weight is 196 g/mol. The van der Waals surface area contributed by atoms with Crippen molar-refractivity contribution in [3.63, 3.8) is 0 Å². The zero-order chi connectivity index (χ0) is 10.6. The molecule has 0 aliphatic carbocycles. The van der Waals surface area contributed by atoms with E-state index in [-0.39, 0.29) is 5.78 Å². The van der Waals surface area contributed by atoms with Crippen LogP contribution in [0.2, 0.25) is 0 Å². The fourth-order valence-corrected chi connectivity index (χ4v) is 1.38. The second-order valence-corrected chi connectivity index (χ2v) is 3.05. The van der Waals surface area contributed by atoms with Crippen LogP contribution in [-0.4, -0.2) is 22.7 Å². The first-order chi connectivity index (χ1) is 6.74. The van der Waals surface area contributed by atoms with Crippen molar-refractivity contribution in [3.05, 3.63) is 11.9 Å². The Hall–Kier alpha value is -1.32. The summed E-state index contributed by atoms with van der Waals surface area (Å²) in [6.07, 6.45) is 2.98. The maximum absolute atomic E-state index is 11.7. The fourth-order valence-electron chi connectivity index (χ4n) is 1.38. The standard InChI is InChI=1S/C10H16N2O2/c1-4-6-8(13)10-9(14-3)7-11-12(10)5-2/h7H,4-6H2,1-3H3. The molecule has 78 valence electrons. The number of ketones is 1. The number of nitrogens with zero attached hydrogens (tertiary/aromatic N) is 2. The molecule has 0 aromatic carbocycles. The van der Waals surface area contributed by atoms with Gasteiger partial charge in [0.25, 0.3) is 0 Å². The van der Waals surface area contributed by atoms with Gasteiger partial charge in [-0.05, 0) is 13.3 Å². The van der Waals surface area contributed by atoms with E-state index in [4.69, 9.17) is 4.74 Å². The highest BCUT2D eigenvalue weighted by Gasteiger charge is 2.17. The highest BCUT2D eigenvalue weighted by molar-refractivity contribution is 5.96. The van der Waals surface area contributed by atoms with Crippen LogP contribution in [0.25, 0.3) is 0 Å². The van der Waals surface area contributed by atoms with Gasteiger partial charge in [0.1, 0.15) is 5.69 Å². The number of aryl methyl sites for hydroxylation is 1. The molecule has 0 aliphatic heterocycles. The summed E-state index contributed by atoms with van der Waals surface area (Å²) in [4.78, 5) is 11.7. The SMILES string of the molecule is CCCC(=O)c1c(OC)cnn1CC. The van der Waals surface area contributed by atoms with Crippen molar-refractivity contribution in [2.75, 3.05) is 7.11 Å². The molecule has 0 fully saturated rings. The van der Waals surface area contributed by atoms with Gasteiger partial charge in [-0.15, -0.1) is 0 Å². The number of hydrogen-bond donors (Lipinski definition) is 0. The second kappa shape index (κ2) is 4.79. The van der Waals surface area contributed by atoms with Gasteiger partial charge in [-0.25, -0.2) is 0 Å². The maximum atomic E-state index is 11.7. The molecule has 4 nitrogen and oxygen atoms in total. The summed E-state index contributed by atoms with van der Waals surface area (Å²) in [5.41, 5.74) is 0.594. The molecule has 0 saturated carbocycles. The van der Waals surface area contributed by atoms with Crippen LogP contribution < -0.4 is 4.74 Å². The molecule has 4 heteroatoms. The Balaban J connectivity index is 3.01. The van der Waals surface area contributed by atoms with Crippen LogP contribution in [0.15, 0.2) is 6.20 Å². The molecule has 0 aliphatic rings. The molecule has 1 rings (SSSR count). The molecule has 0 N–H and O–H groups in total. The summed E-state index contributed by atoms with van der Waals surface area (Å²) >= 11 is 0. The van der Waals surface area contributed by atoms with Gasteiger partial charge in [-0.3, -0.25) is 9.48 Å². The van der Waals surface area contributed by atoms with Gasteiger partial charge >= 0.3 is 0 Å². The molecule has 0 amide bonds. The summed E-state index contributed by atoms with van der Waals surface area (Å²) in [6.45, 7) is 4.63. The van der Waals surface area contributed by atoms with E-state index in [1.807, 2.05) is 13.8 Å². The summed E-state index contributed by atoms with van der Waals surface area (Å²) in [7, 11) is 1.56. The molecule has 1 heterocycles. The number of hydrogen-bond acceptors (Lipinski definition) is 3. The van der Waals surface area contributed by atoms with Crippen LogP contribution in [0.3, 0.4) is 0 Å². The first-order valence-electron chi connectivity index (χ1n) is 4.87. The quantitative estimate of drug-likeness (QED) is 0.675. The van der Waals surface area contributed by atoms with E-state index in [2.05, 4.69) is 5.10 Å². The molecule has 0 saturated heterocycles. The predicted molar refractivity (Wildman–Crippen MR) is 53.7 cm³/mol. The summed E-state index contributed by atoms with van der Waals surface area (Å²) < 4.78 is 6.77. The zero-order valence-electron chi connectivity index (χ0n) is 8.91. The Kier molecular flexibility index (Phi) is 3.68. The van der Waals surface area contributed by atoms with Crippen LogP contribution in [0, 0.1) is 0 Å². The van der Waals surface area contributed by atoms with Crippen LogP contribution >= 0.6 is 0 Å². The highest BCUT2D eigenvalue weighted by Crippen LogP contribution is 2.19. The van der Waals surface area contributed by atoms with E-state index in [1.165, 1.54) is 0 Å². The molecular weight excluding hydrogens is 180 g/mol. The summed E-state index contributed by atoms with van der Waals surface area (Å²) in [5.74, 6) is 0.675. The lowest BCUT2D eigenvalue weighted by Gasteiger charge is -2.04. The monoisotopic (exact) mass is 196 g/mol. The van der Waals surface area contributed by atoms with Crippen LogP contribution in [0.4, 0.5) is 0 Å². The molecule has 0 bridgehead atoms. The molecule has 1 aromatic heterocycles. The number of carbonyl (C=O) groups is 1. The van der Waals surface area contributed by atoms with E-state index in [0.717, 1.165) is 6.42 Å². The Bertz CT molecular complexity index is 296. The van der Waals surface area contributed by atoms with Gasteiger partial charge in [-0.2, -0.15) is 5.10 Å². The fraction of sp³-hybridized carbons (Fsp3) is 0.600. The van der Waals surface area contributed by atoms with E-state index < -0.39 is 0 Å². The smallest absolute Gasteiger partial charge is 0.184 e. The number of rotatable bonds is 5. The first kappa shape index (κ1) is 10.8. The number of carbonyl (C=O) groups excluding carboxylic acids is 1. The topological polar surface area (TPSA) is 44.1 Å². The highest BCUT2D eigenvalue weighted by atomic mass is 16.5. The third-order valence-electron chi connectivity index (χ3n) is 2.07. The number of aromatic nitrogens is 2. The first-order valence-corrected chi connectivity index (χ1v) is 4.87. The minimum absolute atomic E-state index is 0.101. The molecule has 0 radical (unpaired) electrons. The minimum atomic E-state index is 0.101. The molecule has 14 heavy (non-hydrogen) atoms. The van der Waals surface area contributed by atoms with Crippen molar-refractivity contribution >= 4 is 5.78 Å². The van der Waals surface area contributed by atoms with Crippen LogP contribution in [-0.2, 0) is 6.54 Å². The van der Waals surface area contributed by atoms with Gasteiger partial charge < -0.3 is 4.74 Å². The lowest BCUT2D eigenvalue weighted by atomic mass is 10.1. The van der Waals surface area contributed by atoms with Crippen molar-refractivity contribution in [2.45, 2.75) is 33.2 Å². The molecule has 1 aromatic rings. The maximum Gasteiger partial charge on any atom is 0.184 e. The van der Waals surface area contributed by atoms with Crippen molar-refractivity contribution in [1.29, 1.82) is 0 Å². The second-order valence-electron chi connectivity index (χ2n) is 3.05. The molecule has 0 atom stereocenters. The van der Waals surface area contributed by atoms with Crippen LogP contribution in [0.5, 0.6) is 5.75 Å². The van der Waals surface area contributed by atoms with Gasteiger partial charge in [0.15, 0.2) is 11.5 Å². The van der Waals surface area contributed by atoms with E-state index >= 15 is 0 Å². The number of ether oxygens (including phenoxy) is 1. The third-order valence-corrected chi connectivity index (χ3v) is 2.07. The van der Waals surface area contributed by atoms with Crippen LogP contribution in [0.1, 0.15) is 37.2 Å². The number of methoxy groups -OCH3 is 1. The van der Waals surface area contributed by atoms with Crippen molar-refractivity contribution in [2.24, 2.45) is 0 Å². The van der Waals surface area contributed by atoms with Gasteiger partial charge in [0.05, 0.1) is 13.3 Å². The normalized spacial score (nSPS) is 10.2. The van der Waals surface area contributed by atoms with E-state index in [9.17, 15) is 4.79 Å². The van der Waals surface area contributed by atoms with Gasteiger partial charge in [0, 0.05) is 13.0 Å². The molecule has 0 spiro atoms. The van der Waals surface area contributed by atoms with E-state index in [0.29, 0.717) is 24.4 Å². The van der Waals surface area contributed by atoms with Crippen molar-refractivity contribution < 1.29 is 9.53 Å². The van der Waals surface area contributed by atoms with Gasteiger partial charge in [0.2, 0.25) is 0 Å². The van der Waals surface area contributed by atoms with E-state index in [1.54, 1.807) is 18.0 Å². The molecular formula is C10H16N2O2. The Morgan fingerprint density at radius 2 is 2.29 bits per heavy atom. The minimum Gasteiger partial charge on any atom is -0.493 e. The number of Topliss-reactive ketones (excluding diaryl/α,β-unsaturated/α-hetero) is 1. The zero-order valence-corrected chi connectivity index (χ0v) is 8.91. The largest absolute Gasteiger partial charge is 0.493 e.